The second kappa shape index (κ2) is 12.6. The number of carboxylic acid groups (broad SMARTS) is 1. The first-order chi connectivity index (χ1) is 15.4. The molecule has 0 fully saturated rings. The molecule has 3 N–H and O–H groups in total. The molecule has 0 aromatic heterocycles. The summed E-state index contributed by atoms with van der Waals surface area (Å²) in [4.78, 5) is 11.8. The SMILES string of the molecule is CCCOC1=C(C(=O)O)C=CC(C[C@@H](C)NC[C@H](O)c2ccccc2)(c2ccccc2)C1.Cl. The number of halogens is 1. The number of benzene rings is 2. The molecule has 0 heterocycles. The van der Waals surface area contributed by atoms with Gasteiger partial charge in [-0.05, 0) is 37.0 Å². The predicted octanol–water partition coefficient (Wildman–Crippen LogP) is 5.17. The molecule has 2 aromatic carbocycles. The molecule has 0 saturated heterocycles. The lowest BCUT2D eigenvalue weighted by atomic mass is 9.70. The van der Waals surface area contributed by atoms with Crippen LogP contribution >= 0.6 is 12.4 Å². The van der Waals surface area contributed by atoms with E-state index in [4.69, 9.17) is 4.74 Å². The smallest absolute Gasteiger partial charge is 0.339 e. The fraction of sp³-hybridized carbons (Fsp3) is 0.370. The summed E-state index contributed by atoms with van der Waals surface area (Å²) in [6.07, 6.45) is 5.15. The zero-order chi connectivity index (χ0) is 23.0. The molecule has 1 aliphatic rings. The molecular weight excluding hydrogens is 438 g/mol. The van der Waals surface area contributed by atoms with Gasteiger partial charge in [-0.2, -0.15) is 0 Å². The van der Waals surface area contributed by atoms with E-state index < -0.39 is 17.5 Å². The highest BCUT2D eigenvalue weighted by Crippen LogP contribution is 2.42. The highest BCUT2D eigenvalue weighted by molar-refractivity contribution is 5.91. The molecule has 0 amide bonds. The average Bonchev–Trinajstić information content (AvgIpc) is 2.82. The van der Waals surface area contributed by atoms with E-state index >= 15 is 0 Å². The third-order valence-electron chi connectivity index (χ3n) is 5.92. The van der Waals surface area contributed by atoms with Gasteiger partial charge in [-0.25, -0.2) is 4.79 Å². The van der Waals surface area contributed by atoms with Crippen LogP contribution in [0.25, 0.3) is 0 Å². The van der Waals surface area contributed by atoms with Gasteiger partial charge in [0.15, 0.2) is 0 Å². The van der Waals surface area contributed by atoms with Gasteiger partial charge in [0.2, 0.25) is 0 Å². The number of aliphatic carboxylic acids is 1. The maximum Gasteiger partial charge on any atom is 0.339 e. The van der Waals surface area contributed by atoms with Crippen LogP contribution < -0.4 is 5.32 Å². The Morgan fingerprint density at radius 1 is 1.12 bits per heavy atom. The Morgan fingerprint density at radius 3 is 2.36 bits per heavy atom. The summed E-state index contributed by atoms with van der Waals surface area (Å²) in [5, 5.41) is 23.6. The molecule has 5 nitrogen and oxygen atoms in total. The summed E-state index contributed by atoms with van der Waals surface area (Å²) >= 11 is 0. The molecule has 0 bridgehead atoms. The van der Waals surface area contributed by atoms with Gasteiger partial charge in [0.25, 0.3) is 0 Å². The Labute approximate surface area is 202 Å². The molecule has 6 heteroatoms. The van der Waals surface area contributed by atoms with Gasteiger partial charge in [-0.15, -0.1) is 12.4 Å². The second-order valence-corrected chi connectivity index (χ2v) is 8.46. The summed E-state index contributed by atoms with van der Waals surface area (Å²) in [7, 11) is 0. The van der Waals surface area contributed by atoms with Crippen molar-refractivity contribution in [1.82, 2.24) is 5.32 Å². The average molecular weight is 472 g/mol. The van der Waals surface area contributed by atoms with Crippen molar-refractivity contribution in [3.05, 3.63) is 95.3 Å². The lowest BCUT2D eigenvalue weighted by molar-refractivity contribution is -0.132. The van der Waals surface area contributed by atoms with Crippen LogP contribution in [0.4, 0.5) is 0 Å². The number of nitrogens with one attached hydrogen (secondary N) is 1. The fourth-order valence-corrected chi connectivity index (χ4v) is 4.27. The number of allylic oxidation sites excluding steroid dienone is 2. The first kappa shape index (κ1) is 26.7. The largest absolute Gasteiger partial charge is 0.497 e. The molecule has 0 aliphatic heterocycles. The monoisotopic (exact) mass is 471 g/mol. The van der Waals surface area contributed by atoms with Crippen molar-refractivity contribution in [3.63, 3.8) is 0 Å². The Hall–Kier alpha value is -2.60. The number of ether oxygens (including phenoxy) is 1. The van der Waals surface area contributed by atoms with E-state index in [0.29, 0.717) is 25.3 Å². The van der Waals surface area contributed by atoms with Crippen LogP contribution in [0.2, 0.25) is 0 Å². The minimum Gasteiger partial charge on any atom is -0.497 e. The van der Waals surface area contributed by atoms with Gasteiger partial charge in [-0.3, -0.25) is 0 Å². The number of aliphatic hydroxyl groups is 1. The Bertz CT molecular complexity index is 945. The van der Waals surface area contributed by atoms with E-state index in [1.165, 1.54) is 0 Å². The van der Waals surface area contributed by atoms with Crippen molar-refractivity contribution in [2.75, 3.05) is 13.2 Å². The highest BCUT2D eigenvalue weighted by Gasteiger charge is 2.37. The van der Waals surface area contributed by atoms with Crippen LogP contribution in [-0.4, -0.2) is 35.4 Å². The number of carbonyl (C=O) groups is 1. The van der Waals surface area contributed by atoms with Crippen LogP contribution in [0.1, 0.15) is 50.3 Å². The van der Waals surface area contributed by atoms with Crippen molar-refractivity contribution in [1.29, 1.82) is 0 Å². The standard InChI is InChI=1S/C27H33NO4.ClH/c1-3-16-32-25-18-27(15-14-23(25)26(30)31,22-12-8-5-9-13-22)17-20(2)28-19-24(29)21-10-6-4-7-11-21;/h4-15,20,24,28-29H,3,16-19H2,1-2H3,(H,30,31);1H/t20-,24+,27?;/m1./s1. The number of hydrogen-bond acceptors (Lipinski definition) is 4. The molecule has 1 aliphatic carbocycles. The van der Waals surface area contributed by atoms with Crippen LogP contribution in [0.3, 0.4) is 0 Å². The molecule has 0 spiro atoms. The summed E-state index contributed by atoms with van der Waals surface area (Å²) in [6.45, 7) is 5.03. The van der Waals surface area contributed by atoms with Crippen LogP contribution in [0.15, 0.2) is 84.1 Å². The quantitative estimate of drug-likeness (QED) is 0.421. The minimum atomic E-state index is -0.967. The molecule has 33 heavy (non-hydrogen) atoms. The molecule has 2 aromatic rings. The molecule has 0 radical (unpaired) electrons. The molecule has 3 atom stereocenters. The van der Waals surface area contributed by atoms with Crippen molar-refractivity contribution in [2.45, 2.75) is 50.7 Å². The molecule has 1 unspecified atom stereocenters. The second-order valence-electron chi connectivity index (χ2n) is 8.46. The van der Waals surface area contributed by atoms with Crippen molar-refractivity contribution in [3.8, 4) is 0 Å². The van der Waals surface area contributed by atoms with Gasteiger partial charge in [0, 0.05) is 24.4 Å². The maximum absolute atomic E-state index is 11.8. The number of aliphatic hydroxyl groups excluding tert-OH is 1. The molecular formula is C27H34ClNO4. The summed E-state index contributed by atoms with van der Waals surface area (Å²) in [5.41, 5.74) is 1.83. The van der Waals surface area contributed by atoms with Crippen molar-refractivity contribution in [2.24, 2.45) is 0 Å². The number of rotatable bonds is 11. The topological polar surface area (TPSA) is 78.8 Å². The summed E-state index contributed by atoms with van der Waals surface area (Å²) in [5.74, 6) is -0.437. The highest BCUT2D eigenvalue weighted by atomic mass is 35.5. The zero-order valence-corrected chi connectivity index (χ0v) is 20.1. The van der Waals surface area contributed by atoms with Gasteiger partial charge in [-0.1, -0.05) is 73.7 Å². The van der Waals surface area contributed by atoms with Crippen LogP contribution in [0, 0.1) is 0 Å². The Morgan fingerprint density at radius 2 is 1.76 bits per heavy atom. The first-order valence-electron chi connectivity index (χ1n) is 11.3. The predicted molar refractivity (Wildman–Crippen MR) is 134 cm³/mol. The first-order valence-corrected chi connectivity index (χ1v) is 11.3. The third-order valence-corrected chi connectivity index (χ3v) is 5.92. The lowest BCUT2D eigenvalue weighted by Gasteiger charge is -2.37. The van der Waals surface area contributed by atoms with Gasteiger partial charge in [0.05, 0.1) is 18.3 Å². The van der Waals surface area contributed by atoms with Gasteiger partial charge in [0.1, 0.15) is 5.76 Å². The number of carboxylic acids is 1. The van der Waals surface area contributed by atoms with Crippen molar-refractivity contribution < 1.29 is 19.7 Å². The number of hydrogen-bond donors (Lipinski definition) is 3. The lowest BCUT2D eigenvalue weighted by Crippen LogP contribution is -2.39. The fourth-order valence-electron chi connectivity index (χ4n) is 4.27. The van der Waals surface area contributed by atoms with E-state index in [2.05, 4.69) is 24.4 Å². The van der Waals surface area contributed by atoms with Crippen LogP contribution in [0.5, 0.6) is 0 Å². The summed E-state index contributed by atoms with van der Waals surface area (Å²) < 4.78 is 5.91. The molecule has 178 valence electrons. The normalized spacial score (nSPS) is 19.5. The van der Waals surface area contributed by atoms with E-state index in [-0.39, 0.29) is 24.0 Å². The van der Waals surface area contributed by atoms with E-state index in [9.17, 15) is 15.0 Å². The summed E-state index contributed by atoms with van der Waals surface area (Å²) in [6, 6.07) is 19.8. The molecule has 0 saturated carbocycles. The van der Waals surface area contributed by atoms with Gasteiger partial charge >= 0.3 is 5.97 Å². The van der Waals surface area contributed by atoms with E-state index in [0.717, 1.165) is 24.0 Å². The molecule has 3 rings (SSSR count). The Kier molecular flexibility index (Phi) is 10.2. The van der Waals surface area contributed by atoms with Crippen LogP contribution in [-0.2, 0) is 14.9 Å². The van der Waals surface area contributed by atoms with E-state index in [1.54, 1.807) is 6.08 Å². The Balaban J connectivity index is 0.00000385. The zero-order valence-electron chi connectivity index (χ0n) is 19.2. The minimum absolute atomic E-state index is 0. The van der Waals surface area contributed by atoms with Gasteiger partial charge < -0.3 is 20.3 Å². The maximum atomic E-state index is 11.8. The third kappa shape index (κ3) is 6.94. The van der Waals surface area contributed by atoms with Crippen molar-refractivity contribution >= 4 is 18.4 Å². The van der Waals surface area contributed by atoms with E-state index in [1.807, 2.05) is 61.5 Å².